The predicted octanol–water partition coefficient (Wildman–Crippen LogP) is 5.72. The van der Waals surface area contributed by atoms with Gasteiger partial charge in [-0.15, -0.1) is 0 Å². The van der Waals surface area contributed by atoms with Gasteiger partial charge in [-0.3, -0.25) is 0 Å². The molecule has 19 heavy (non-hydrogen) atoms. The molecule has 0 bridgehead atoms. The van der Waals surface area contributed by atoms with Crippen molar-refractivity contribution < 1.29 is 0 Å². The predicted molar refractivity (Wildman–Crippen MR) is 97.0 cm³/mol. The Bertz CT molecular complexity index is 692. The highest BCUT2D eigenvalue weighted by atomic mass is 127. The van der Waals surface area contributed by atoms with Crippen LogP contribution in [0.4, 0.5) is 0 Å². The first kappa shape index (κ1) is 13.3. The topological polar surface area (TPSA) is 0 Å². The molecule has 2 aromatic carbocycles. The largest absolute Gasteiger partial charge is 0.171 e. The van der Waals surface area contributed by atoms with E-state index in [-0.39, 0.29) is 5.25 Å². The summed E-state index contributed by atoms with van der Waals surface area (Å²) in [6.45, 7) is 2.20. The molecule has 0 amide bonds. The maximum Gasteiger partial charge on any atom is 0.0244 e. The zero-order valence-electron chi connectivity index (χ0n) is 10.7. The van der Waals surface area contributed by atoms with Crippen LogP contribution in [0.15, 0.2) is 48.6 Å². The Morgan fingerprint density at radius 1 is 1.11 bits per heavy atom. The standard InChI is InChI=1S/C17H15IS/c1-11-8-9-13(19)10-16(18)15-7-3-5-12-4-2-6-14(11)17(12)15/h2-8,10,13,19H,9H2,1H3/b11-8+,16-10-. The first-order valence-electron chi connectivity index (χ1n) is 6.41. The minimum absolute atomic E-state index is 0.284. The summed E-state index contributed by atoms with van der Waals surface area (Å²) in [5.41, 5.74) is 4.01. The monoisotopic (exact) mass is 378 g/mol. The minimum atomic E-state index is 0.284. The van der Waals surface area contributed by atoms with Crippen molar-refractivity contribution in [3.63, 3.8) is 0 Å². The second-order valence-corrected chi connectivity index (χ2v) is 6.74. The van der Waals surface area contributed by atoms with Crippen LogP contribution in [-0.4, -0.2) is 5.25 Å². The van der Waals surface area contributed by atoms with Crippen LogP contribution in [0.3, 0.4) is 0 Å². The Balaban J connectivity index is 2.43. The highest BCUT2D eigenvalue weighted by Gasteiger charge is 2.12. The van der Waals surface area contributed by atoms with Crippen LogP contribution in [0.2, 0.25) is 0 Å². The molecule has 0 saturated carbocycles. The summed E-state index contributed by atoms with van der Waals surface area (Å²) in [6, 6.07) is 13.1. The van der Waals surface area contributed by atoms with Crippen molar-refractivity contribution in [1.82, 2.24) is 0 Å². The van der Waals surface area contributed by atoms with Gasteiger partial charge in [-0.25, -0.2) is 0 Å². The molecule has 96 valence electrons. The van der Waals surface area contributed by atoms with Crippen molar-refractivity contribution in [1.29, 1.82) is 0 Å². The maximum absolute atomic E-state index is 4.66. The normalized spacial score (nSPS) is 24.7. The van der Waals surface area contributed by atoms with E-state index in [2.05, 4.69) is 90.7 Å². The second kappa shape index (κ2) is 5.33. The number of hydrogen-bond acceptors (Lipinski definition) is 1. The maximum atomic E-state index is 4.66. The van der Waals surface area contributed by atoms with E-state index >= 15 is 0 Å². The van der Waals surface area contributed by atoms with Crippen LogP contribution in [0.25, 0.3) is 19.9 Å². The molecule has 0 spiro atoms. The van der Waals surface area contributed by atoms with Crippen molar-refractivity contribution in [3.05, 3.63) is 59.7 Å². The number of rotatable bonds is 0. The van der Waals surface area contributed by atoms with E-state index < -0.39 is 0 Å². The fourth-order valence-electron chi connectivity index (χ4n) is 2.60. The number of benzene rings is 2. The minimum Gasteiger partial charge on any atom is -0.171 e. The lowest BCUT2D eigenvalue weighted by Crippen LogP contribution is -1.91. The van der Waals surface area contributed by atoms with Gasteiger partial charge in [0.05, 0.1) is 0 Å². The molecule has 1 aliphatic carbocycles. The Labute approximate surface area is 133 Å². The summed E-state index contributed by atoms with van der Waals surface area (Å²) < 4.78 is 1.29. The van der Waals surface area contributed by atoms with E-state index in [9.17, 15) is 0 Å². The van der Waals surface area contributed by atoms with Crippen LogP contribution in [-0.2, 0) is 0 Å². The van der Waals surface area contributed by atoms with E-state index in [1.807, 2.05) is 0 Å². The SMILES string of the molecule is C/C1=C\CC(S)/C=C(\I)c2cccc3cccc1c23. The Morgan fingerprint density at radius 2 is 1.79 bits per heavy atom. The molecule has 0 aliphatic heterocycles. The third-order valence-corrected chi connectivity index (χ3v) is 4.89. The quantitative estimate of drug-likeness (QED) is 0.440. The third-order valence-electron chi connectivity index (χ3n) is 3.59. The van der Waals surface area contributed by atoms with E-state index in [0.29, 0.717) is 0 Å². The molecule has 0 heterocycles. The average Bonchev–Trinajstić information content (AvgIpc) is 2.46. The van der Waals surface area contributed by atoms with E-state index in [0.717, 1.165) is 6.42 Å². The number of allylic oxidation sites excluding steroid dienone is 2. The molecule has 0 fully saturated rings. The summed E-state index contributed by atoms with van der Waals surface area (Å²) >= 11 is 7.09. The van der Waals surface area contributed by atoms with Crippen LogP contribution in [0, 0.1) is 0 Å². The van der Waals surface area contributed by atoms with Crippen molar-refractivity contribution >= 4 is 55.1 Å². The zero-order valence-corrected chi connectivity index (χ0v) is 13.8. The number of halogens is 1. The third kappa shape index (κ3) is 2.48. The Kier molecular flexibility index (Phi) is 3.72. The molecule has 3 rings (SSSR count). The van der Waals surface area contributed by atoms with Crippen molar-refractivity contribution in [2.75, 3.05) is 0 Å². The van der Waals surface area contributed by atoms with E-state index in [1.54, 1.807) is 0 Å². The molecule has 0 radical (unpaired) electrons. The van der Waals surface area contributed by atoms with Gasteiger partial charge in [-0.2, -0.15) is 12.6 Å². The van der Waals surface area contributed by atoms with Crippen LogP contribution >= 0.6 is 35.2 Å². The van der Waals surface area contributed by atoms with Crippen molar-refractivity contribution in [2.24, 2.45) is 0 Å². The van der Waals surface area contributed by atoms with Gasteiger partial charge in [0, 0.05) is 8.83 Å². The van der Waals surface area contributed by atoms with Crippen LogP contribution < -0.4 is 0 Å². The van der Waals surface area contributed by atoms with Gasteiger partial charge >= 0.3 is 0 Å². The van der Waals surface area contributed by atoms with Crippen LogP contribution in [0.1, 0.15) is 24.5 Å². The Hall–Kier alpha value is -0.740. The fraction of sp³-hybridized carbons (Fsp3) is 0.176. The smallest absolute Gasteiger partial charge is 0.0244 e. The second-order valence-electron chi connectivity index (χ2n) is 4.91. The van der Waals surface area contributed by atoms with Gasteiger partial charge in [0.1, 0.15) is 0 Å². The molecule has 0 aromatic heterocycles. The Morgan fingerprint density at radius 3 is 2.53 bits per heavy atom. The summed E-state index contributed by atoms with van der Waals surface area (Å²) in [4.78, 5) is 0. The molecule has 1 unspecified atom stereocenters. The molecule has 0 N–H and O–H groups in total. The number of hydrogen-bond donors (Lipinski definition) is 1. The lowest BCUT2D eigenvalue weighted by Gasteiger charge is -2.11. The van der Waals surface area contributed by atoms with Gasteiger partial charge < -0.3 is 0 Å². The average molecular weight is 378 g/mol. The van der Waals surface area contributed by atoms with Gasteiger partial charge in [0.25, 0.3) is 0 Å². The first-order chi connectivity index (χ1) is 9.16. The van der Waals surface area contributed by atoms with Crippen molar-refractivity contribution in [2.45, 2.75) is 18.6 Å². The highest BCUT2D eigenvalue weighted by molar-refractivity contribution is 14.1. The lowest BCUT2D eigenvalue weighted by molar-refractivity contribution is 1.09. The van der Waals surface area contributed by atoms with Crippen molar-refractivity contribution in [3.8, 4) is 0 Å². The molecular formula is C17H15IS. The molecule has 1 aliphatic rings. The zero-order chi connectivity index (χ0) is 13.4. The van der Waals surface area contributed by atoms with E-state index in [1.165, 1.54) is 31.1 Å². The summed E-state index contributed by atoms with van der Waals surface area (Å²) in [7, 11) is 0. The van der Waals surface area contributed by atoms with Gasteiger partial charge in [0.15, 0.2) is 0 Å². The summed E-state index contributed by atoms with van der Waals surface area (Å²) in [5.74, 6) is 0. The summed E-state index contributed by atoms with van der Waals surface area (Å²) in [5, 5.41) is 2.95. The first-order valence-corrected chi connectivity index (χ1v) is 8.01. The summed E-state index contributed by atoms with van der Waals surface area (Å²) in [6.07, 6.45) is 5.53. The molecule has 2 aromatic rings. The number of thiol groups is 1. The molecular weight excluding hydrogens is 363 g/mol. The fourth-order valence-corrected chi connectivity index (χ4v) is 4.03. The molecule has 0 nitrogen and oxygen atoms in total. The van der Waals surface area contributed by atoms with E-state index in [4.69, 9.17) is 0 Å². The lowest BCUT2D eigenvalue weighted by atomic mass is 9.95. The van der Waals surface area contributed by atoms with Gasteiger partial charge in [-0.05, 0) is 63.4 Å². The van der Waals surface area contributed by atoms with Gasteiger partial charge in [0.2, 0.25) is 0 Å². The molecule has 1 atom stereocenters. The molecule has 2 heteroatoms. The van der Waals surface area contributed by atoms with Crippen LogP contribution in [0.5, 0.6) is 0 Å². The molecule has 0 saturated heterocycles. The van der Waals surface area contributed by atoms with Gasteiger partial charge in [-0.1, -0.05) is 48.6 Å². The highest BCUT2D eigenvalue weighted by Crippen LogP contribution is 2.36.